The number of hydrogen-bond acceptors (Lipinski definition) is 2. The van der Waals surface area contributed by atoms with Crippen molar-refractivity contribution in [2.45, 2.75) is 12.1 Å². The maximum atomic E-state index is 12.9. The van der Waals surface area contributed by atoms with Crippen molar-refractivity contribution in [3.63, 3.8) is 0 Å². The topological polar surface area (TPSA) is 25.8 Å². The monoisotopic (exact) mass is 322 g/mol. The van der Waals surface area contributed by atoms with Gasteiger partial charge in [0.05, 0.1) is 22.7 Å². The van der Waals surface area contributed by atoms with Gasteiger partial charge in [-0.05, 0) is 18.2 Å². The van der Waals surface area contributed by atoms with Gasteiger partial charge in [0.15, 0.2) is 0 Å². The second-order valence-electron chi connectivity index (χ2n) is 4.72. The summed E-state index contributed by atoms with van der Waals surface area (Å²) < 4.78 is 38.8. The van der Waals surface area contributed by atoms with Crippen molar-refractivity contribution in [2.75, 3.05) is 0 Å². The SMILES string of the molecule is FC(F)(F)c1ccc2nc(CCl)nc(-c3ccccc3)c2c1. The lowest BCUT2D eigenvalue weighted by molar-refractivity contribution is -0.137. The van der Waals surface area contributed by atoms with Crippen LogP contribution in [-0.4, -0.2) is 9.97 Å². The van der Waals surface area contributed by atoms with E-state index in [2.05, 4.69) is 9.97 Å². The van der Waals surface area contributed by atoms with E-state index in [1.54, 1.807) is 24.3 Å². The van der Waals surface area contributed by atoms with Crippen LogP contribution in [0.4, 0.5) is 13.2 Å². The fourth-order valence-corrected chi connectivity index (χ4v) is 2.35. The lowest BCUT2D eigenvalue weighted by atomic mass is 10.0. The number of rotatable bonds is 2. The molecule has 0 radical (unpaired) electrons. The molecule has 3 rings (SSSR count). The van der Waals surface area contributed by atoms with Crippen LogP contribution in [0.3, 0.4) is 0 Å². The third-order valence-electron chi connectivity index (χ3n) is 3.24. The molecule has 0 fully saturated rings. The Morgan fingerprint density at radius 2 is 1.68 bits per heavy atom. The first-order valence-electron chi connectivity index (χ1n) is 6.48. The van der Waals surface area contributed by atoms with Gasteiger partial charge in [-0.15, -0.1) is 11.6 Å². The molecule has 0 aliphatic heterocycles. The molecule has 1 aromatic heterocycles. The van der Waals surface area contributed by atoms with E-state index < -0.39 is 11.7 Å². The normalized spacial score (nSPS) is 11.8. The molecule has 0 amide bonds. The summed E-state index contributed by atoms with van der Waals surface area (Å²) in [7, 11) is 0. The number of nitrogens with zero attached hydrogens (tertiary/aromatic N) is 2. The molecule has 0 unspecified atom stereocenters. The van der Waals surface area contributed by atoms with Gasteiger partial charge in [-0.1, -0.05) is 30.3 Å². The minimum atomic E-state index is -4.41. The van der Waals surface area contributed by atoms with Gasteiger partial charge in [0.2, 0.25) is 0 Å². The molecule has 0 saturated heterocycles. The minimum Gasteiger partial charge on any atom is -0.232 e. The third kappa shape index (κ3) is 2.76. The van der Waals surface area contributed by atoms with E-state index in [-0.39, 0.29) is 5.88 Å². The second kappa shape index (κ2) is 5.57. The lowest BCUT2D eigenvalue weighted by Crippen LogP contribution is -2.05. The summed E-state index contributed by atoms with van der Waals surface area (Å²) in [6.07, 6.45) is -4.41. The molecule has 1 heterocycles. The van der Waals surface area contributed by atoms with Gasteiger partial charge < -0.3 is 0 Å². The average Bonchev–Trinajstić information content (AvgIpc) is 2.53. The number of aromatic nitrogens is 2. The van der Waals surface area contributed by atoms with Gasteiger partial charge in [0.1, 0.15) is 5.82 Å². The highest BCUT2D eigenvalue weighted by Crippen LogP contribution is 2.34. The molecule has 2 nitrogen and oxygen atoms in total. The summed E-state index contributed by atoms with van der Waals surface area (Å²) >= 11 is 5.79. The van der Waals surface area contributed by atoms with Gasteiger partial charge >= 0.3 is 6.18 Å². The highest BCUT2D eigenvalue weighted by molar-refractivity contribution is 6.16. The number of hydrogen-bond donors (Lipinski definition) is 0. The van der Waals surface area contributed by atoms with Crippen molar-refractivity contribution in [1.82, 2.24) is 9.97 Å². The average molecular weight is 323 g/mol. The molecule has 3 aromatic rings. The quantitative estimate of drug-likeness (QED) is 0.617. The Labute approximate surface area is 129 Å². The van der Waals surface area contributed by atoms with Gasteiger partial charge in [0, 0.05) is 10.9 Å². The van der Waals surface area contributed by atoms with Gasteiger partial charge in [-0.25, -0.2) is 9.97 Å². The van der Waals surface area contributed by atoms with Crippen molar-refractivity contribution in [2.24, 2.45) is 0 Å². The first kappa shape index (κ1) is 14.8. The van der Waals surface area contributed by atoms with Gasteiger partial charge in [-0.2, -0.15) is 13.2 Å². The van der Waals surface area contributed by atoms with Crippen LogP contribution < -0.4 is 0 Å². The van der Waals surface area contributed by atoms with E-state index in [9.17, 15) is 13.2 Å². The summed E-state index contributed by atoms with van der Waals surface area (Å²) in [6, 6.07) is 12.5. The molecule has 0 N–H and O–H groups in total. The van der Waals surface area contributed by atoms with Crippen molar-refractivity contribution in [3.8, 4) is 11.3 Å². The molecule has 0 aliphatic carbocycles. The Balaban J connectivity index is 2.32. The molecule has 0 saturated carbocycles. The summed E-state index contributed by atoms with van der Waals surface area (Å²) in [6.45, 7) is 0. The van der Waals surface area contributed by atoms with Crippen LogP contribution in [0.1, 0.15) is 11.4 Å². The molecule has 0 aliphatic rings. The lowest BCUT2D eigenvalue weighted by Gasteiger charge is -2.11. The summed E-state index contributed by atoms with van der Waals surface area (Å²) in [5, 5.41) is 0.356. The fraction of sp³-hybridized carbons (Fsp3) is 0.125. The number of benzene rings is 2. The van der Waals surface area contributed by atoms with Gasteiger partial charge in [0.25, 0.3) is 0 Å². The zero-order chi connectivity index (χ0) is 15.7. The van der Waals surface area contributed by atoms with Crippen LogP contribution in [0.15, 0.2) is 48.5 Å². The Hall–Kier alpha value is -2.14. The van der Waals surface area contributed by atoms with Crippen molar-refractivity contribution >= 4 is 22.5 Å². The Morgan fingerprint density at radius 1 is 0.955 bits per heavy atom. The van der Waals surface area contributed by atoms with E-state index >= 15 is 0 Å². The van der Waals surface area contributed by atoms with E-state index in [1.807, 2.05) is 6.07 Å². The Morgan fingerprint density at radius 3 is 2.32 bits per heavy atom. The van der Waals surface area contributed by atoms with Crippen LogP contribution in [0.2, 0.25) is 0 Å². The van der Waals surface area contributed by atoms with Crippen LogP contribution in [-0.2, 0) is 12.1 Å². The molecular weight excluding hydrogens is 313 g/mol. The highest BCUT2D eigenvalue weighted by atomic mass is 35.5. The molecule has 22 heavy (non-hydrogen) atoms. The summed E-state index contributed by atoms with van der Waals surface area (Å²) in [5.41, 5.74) is 0.893. The van der Waals surface area contributed by atoms with E-state index in [0.29, 0.717) is 22.4 Å². The maximum absolute atomic E-state index is 12.9. The van der Waals surface area contributed by atoms with Crippen LogP contribution in [0.5, 0.6) is 0 Å². The maximum Gasteiger partial charge on any atom is 0.416 e. The largest absolute Gasteiger partial charge is 0.416 e. The van der Waals surface area contributed by atoms with E-state index in [0.717, 1.165) is 17.7 Å². The molecule has 6 heteroatoms. The van der Waals surface area contributed by atoms with Crippen LogP contribution in [0.25, 0.3) is 22.2 Å². The first-order valence-corrected chi connectivity index (χ1v) is 7.02. The predicted molar refractivity (Wildman–Crippen MR) is 79.5 cm³/mol. The molecule has 112 valence electrons. The molecule has 0 atom stereocenters. The third-order valence-corrected chi connectivity index (χ3v) is 3.48. The summed E-state index contributed by atoms with van der Waals surface area (Å²) in [5.74, 6) is 0.476. The summed E-state index contributed by atoms with van der Waals surface area (Å²) in [4.78, 5) is 8.50. The Bertz CT molecular complexity index is 817. The van der Waals surface area contributed by atoms with E-state index in [1.165, 1.54) is 6.07 Å². The molecular formula is C16H10ClF3N2. The van der Waals surface area contributed by atoms with Crippen LogP contribution >= 0.6 is 11.6 Å². The first-order chi connectivity index (χ1) is 10.5. The van der Waals surface area contributed by atoms with E-state index in [4.69, 9.17) is 11.6 Å². The van der Waals surface area contributed by atoms with Gasteiger partial charge in [-0.3, -0.25) is 0 Å². The molecule has 0 bridgehead atoms. The van der Waals surface area contributed by atoms with Crippen molar-refractivity contribution in [3.05, 3.63) is 59.9 Å². The number of fused-ring (bicyclic) bond motifs is 1. The zero-order valence-corrected chi connectivity index (χ0v) is 12.0. The predicted octanol–water partition coefficient (Wildman–Crippen LogP) is 5.05. The number of alkyl halides is 4. The van der Waals surface area contributed by atoms with Crippen molar-refractivity contribution < 1.29 is 13.2 Å². The molecule has 0 spiro atoms. The standard InChI is InChI=1S/C16H10ClF3N2/c17-9-14-21-13-7-6-11(16(18,19)20)8-12(13)15(22-14)10-4-2-1-3-5-10/h1-8H,9H2. The number of halogens is 4. The van der Waals surface area contributed by atoms with Crippen LogP contribution in [0, 0.1) is 0 Å². The zero-order valence-electron chi connectivity index (χ0n) is 11.2. The van der Waals surface area contributed by atoms with Crippen molar-refractivity contribution in [1.29, 1.82) is 0 Å². The highest BCUT2D eigenvalue weighted by Gasteiger charge is 2.31. The second-order valence-corrected chi connectivity index (χ2v) is 4.99. The fourth-order valence-electron chi connectivity index (χ4n) is 2.23. The smallest absolute Gasteiger partial charge is 0.232 e. The molecule has 2 aromatic carbocycles. The Kier molecular flexibility index (Phi) is 3.74. The minimum absolute atomic E-state index is 0.0940.